The molecule has 2 aromatic rings. The molecule has 114 valence electrons. The molecule has 0 spiro atoms. The van der Waals surface area contributed by atoms with Crippen LogP contribution in [0.15, 0.2) is 41.4 Å². The highest BCUT2D eigenvalue weighted by atomic mass is 32.2. The largest absolute Gasteiger partial charge is 0.324 e. The summed E-state index contributed by atoms with van der Waals surface area (Å²) in [5, 5.41) is 4.63. The van der Waals surface area contributed by atoms with Gasteiger partial charge in [-0.25, -0.2) is 0 Å². The van der Waals surface area contributed by atoms with Crippen molar-refractivity contribution in [2.24, 2.45) is 5.73 Å². The summed E-state index contributed by atoms with van der Waals surface area (Å²) in [7, 11) is 0. The molecule has 4 heteroatoms. The zero-order valence-electron chi connectivity index (χ0n) is 13.1. The first kappa shape index (κ1) is 16.1. The summed E-state index contributed by atoms with van der Waals surface area (Å²) < 4.78 is 2.03. The molecular weight excluding hydrogens is 278 g/mol. The number of benzene rings is 1. The summed E-state index contributed by atoms with van der Waals surface area (Å²) >= 11 is 1.85. The summed E-state index contributed by atoms with van der Waals surface area (Å²) in [6.07, 6.45) is 3.92. The molecule has 21 heavy (non-hydrogen) atoms. The molecule has 0 radical (unpaired) electrons. The third kappa shape index (κ3) is 4.35. The van der Waals surface area contributed by atoms with Crippen molar-refractivity contribution in [2.75, 3.05) is 5.75 Å². The summed E-state index contributed by atoms with van der Waals surface area (Å²) in [5.41, 5.74) is 8.55. The molecule has 2 rings (SSSR count). The van der Waals surface area contributed by atoms with Crippen molar-refractivity contribution in [1.82, 2.24) is 9.78 Å². The molecule has 3 nitrogen and oxygen atoms in total. The average molecular weight is 303 g/mol. The van der Waals surface area contributed by atoms with Crippen molar-refractivity contribution in [2.45, 2.75) is 50.6 Å². The van der Waals surface area contributed by atoms with E-state index < -0.39 is 0 Å². The molecule has 0 bridgehead atoms. The van der Waals surface area contributed by atoms with E-state index >= 15 is 0 Å². The van der Waals surface area contributed by atoms with Crippen LogP contribution in [0.1, 0.15) is 50.5 Å². The molecule has 1 aromatic carbocycles. The van der Waals surface area contributed by atoms with Gasteiger partial charge in [-0.05, 0) is 42.9 Å². The minimum atomic E-state index is 0.00552. The molecule has 1 heterocycles. The minimum absolute atomic E-state index is 0.00552. The lowest BCUT2D eigenvalue weighted by molar-refractivity contribution is 0.472. The van der Waals surface area contributed by atoms with Gasteiger partial charge in [0.05, 0.1) is 5.69 Å². The predicted octanol–water partition coefficient (Wildman–Crippen LogP) is 4.21. The summed E-state index contributed by atoms with van der Waals surface area (Å²) in [6.45, 7) is 6.52. The van der Waals surface area contributed by atoms with Gasteiger partial charge in [-0.3, -0.25) is 4.68 Å². The number of hydrogen-bond acceptors (Lipinski definition) is 3. The van der Waals surface area contributed by atoms with Crippen LogP contribution in [0.3, 0.4) is 0 Å². The quantitative estimate of drug-likeness (QED) is 0.779. The lowest BCUT2D eigenvalue weighted by Crippen LogP contribution is -2.14. The van der Waals surface area contributed by atoms with Crippen LogP contribution >= 0.6 is 11.8 Å². The number of nitrogens with two attached hydrogens (primary N) is 1. The monoisotopic (exact) mass is 303 g/mol. The second kappa shape index (κ2) is 7.66. The van der Waals surface area contributed by atoms with Crippen molar-refractivity contribution in [3.05, 3.63) is 47.8 Å². The van der Waals surface area contributed by atoms with Gasteiger partial charge >= 0.3 is 0 Å². The molecule has 2 unspecified atom stereocenters. The molecule has 2 N–H and O–H groups in total. The van der Waals surface area contributed by atoms with E-state index in [9.17, 15) is 0 Å². The van der Waals surface area contributed by atoms with Gasteiger partial charge in [0, 0.05) is 29.6 Å². The fourth-order valence-electron chi connectivity index (χ4n) is 2.24. The number of nitrogens with zero attached hydrogens (tertiary/aromatic N) is 2. The first-order chi connectivity index (χ1) is 10.1. The standard InChI is InChI=1S/C17H25N3S/c1-4-13(3)20-11-10-15(19-20)12-17(18)14-6-8-16(9-7-14)21-5-2/h6-11,13,17H,4-5,12,18H2,1-3H3. The maximum absolute atomic E-state index is 6.31. The fraction of sp³-hybridized carbons (Fsp3) is 0.471. The molecular formula is C17H25N3S. The lowest BCUT2D eigenvalue weighted by Gasteiger charge is -2.12. The van der Waals surface area contributed by atoms with Gasteiger partial charge in [-0.15, -0.1) is 11.8 Å². The third-order valence-electron chi connectivity index (χ3n) is 3.75. The zero-order chi connectivity index (χ0) is 15.2. The van der Waals surface area contributed by atoms with Crippen LogP contribution in [0, 0.1) is 0 Å². The first-order valence-corrected chi connectivity index (χ1v) is 8.65. The van der Waals surface area contributed by atoms with Crippen LogP contribution < -0.4 is 5.73 Å². The highest BCUT2D eigenvalue weighted by Crippen LogP contribution is 2.22. The Bertz CT molecular complexity index is 547. The van der Waals surface area contributed by atoms with E-state index in [1.165, 1.54) is 10.5 Å². The number of rotatable bonds is 7. The Morgan fingerprint density at radius 2 is 1.90 bits per heavy atom. The number of thioether (sulfide) groups is 1. The van der Waals surface area contributed by atoms with Crippen LogP contribution in [-0.2, 0) is 6.42 Å². The van der Waals surface area contributed by atoms with Crippen LogP contribution in [0.5, 0.6) is 0 Å². The van der Waals surface area contributed by atoms with Crippen molar-refractivity contribution in [3.8, 4) is 0 Å². The molecule has 2 atom stereocenters. The Balaban J connectivity index is 2.00. The van der Waals surface area contributed by atoms with Crippen LogP contribution in [0.4, 0.5) is 0 Å². The molecule has 0 aliphatic heterocycles. The van der Waals surface area contributed by atoms with Gasteiger partial charge < -0.3 is 5.73 Å². The van der Waals surface area contributed by atoms with Crippen LogP contribution in [0.25, 0.3) is 0 Å². The van der Waals surface area contributed by atoms with E-state index in [-0.39, 0.29) is 6.04 Å². The molecule has 0 amide bonds. The Labute approximate surface area is 131 Å². The molecule has 0 saturated heterocycles. The zero-order valence-corrected chi connectivity index (χ0v) is 13.9. The Morgan fingerprint density at radius 1 is 1.19 bits per heavy atom. The van der Waals surface area contributed by atoms with E-state index in [0.717, 1.165) is 24.3 Å². The molecule has 0 aliphatic rings. The molecule has 0 aliphatic carbocycles. The van der Waals surface area contributed by atoms with Gasteiger partial charge in [0.2, 0.25) is 0 Å². The van der Waals surface area contributed by atoms with E-state index in [1.807, 2.05) is 16.4 Å². The Morgan fingerprint density at radius 3 is 2.52 bits per heavy atom. The highest BCUT2D eigenvalue weighted by molar-refractivity contribution is 7.99. The van der Waals surface area contributed by atoms with Crippen molar-refractivity contribution < 1.29 is 0 Å². The van der Waals surface area contributed by atoms with Crippen LogP contribution in [-0.4, -0.2) is 15.5 Å². The second-order valence-corrected chi connectivity index (χ2v) is 6.69. The van der Waals surface area contributed by atoms with Gasteiger partial charge in [-0.1, -0.05) is 26.0 Å². The third-order valence-corrected chi connectivity index (χ3v) is 4.65. The Hall–Kier alpha value is -1.26. The van der Waals surface area contributed by atoms with Crippen molar-refractivity contribution in [3.63, 3.8) is 0 Å². The minimum Gasteiger partial charge on any atom is -0.324 e. The van der Waals surface area contributed by atoms with E-state index in [4.69, 9.17) is 5.73 Å². The van der Waals surface area contributed by atoms with E-state index in [0.29, 0.717) is 6.04 Å². The van der Waals surface area contributed by atoms with Gasteiger partial charge in [0.15, 0.2) is 0 Å². The molecule has 0 fully saturated rings. The summed E-state index contributed by atoms with van der Waals surface area (Å²) in [6, 6.07) is 11.1. The van der Waals surface area contributed by atoms with Gasteiger partial charge in [0.1, 0.15) is 0 Å². The highest BCUT2D eigenvalue weighted by Gasteiger charge is 2.11. The first-order valence-electron chi connectivity index (χ1n) is 7.66. The molecule has 1 aromatic heterocycles. The van der Waals surface area contributed by atoms with Gasteiger partial charge in [-0.2, -0.15) is 5.10 Å². The maximum atomic E-state index is 6.31. The SMILES string of the molecule is CCSc1ccc(C(N)Cc2ccn(C(C)CC)n2)cc1. The fourth-order valence-corrected chi connectivity index (χ4v) is 2.90. The normalized spacial score (nSPS) is 14.1. The predicted molar refractivity (Wildman–Crippen MR) is 90.7 cm³/mol. The smallest absolute Gasteiger partial charge is 0.0643 e. The summed E-state index contributed by atoms with van der Waals surface area (Å²) in [4.78, 5) is 1.30. The second-order valence-electron chi connectivity index (χ2n) is 5.36. The average Bonchev–Trinajstić information content (AvgIpc) is 2.96. The molecule has 0 saturated carbocycles. The van der Waals surface area contributed by atoms with Crippen LogP contribution in [0.2, 0.25) is 0 Å². The van der Waals surface area contributed by atoms with E-state index in [2.05, 4.69) is 62.4 Å². The van der Waals surface area contributed by atoms with Crippen molar-refractivity contribution in [1.29, 1.82) is 0 Å². The summed E-state index contributed by atoms with van der Waals surface area (Å²) in [5.74, 6) is 1.10. The lowest BCUT2D eigenvalue weighted by atomic mass is 10.0. The van der Waals surface area contributed by atoms with E-state index in [1.54, 1.807) is 0 Å². The van der Waals surface area contributed by atoms with Gasteiger partial charge in [0.25, 0.3) is 0 Å². The number of hydrogen-bond donors (Lipinski definition) is 1. The maximum Gasteiger partial charge on any atom is 0.0643 e. The Kier molecular flexibility index (Phi) is 5.88. The van der Waals surface area contributed by atoms with Crippen molar-refractivity contribution >= 4 is 11.8 Å². The number of aromatic nitrogens is 2. The topological polar surface area (TPSA) is 43.8 Å².